The van der Waals surface area contributed by atoms with Crippen LogP contribution in [-0.4, -0.2) is 34.2 Å². The largest absolute Gasteiger partial charge is 0.481 e. The first-order valence-electron chi connectivity index (χ1n) is 8.64. The van der Waals surface area contributed by atoms with Crippen LogP contribution >= 0.6 is 0 Å². The summed E-state index contributed by atoms with van der Waals surface area (Å²) in [7, 11) is 0. The van der Waals surface area contributed by atoms with Gasteiger partial charge in [-0.2, -0.15) is 0 Å². The molecule has 0 saturated carbocycles. The summed E-state index contributed by atoms with van der Waals surface area (Å²) in [5.41, 5.74) is 3.28. The zero-order valence-corrected chi connectivity index (χ0v) is 14.6. The van der Waals surface area contributed by atoms with E-state index in [1.54, 1.807) is 23.1 Å². The lowest BCUT2D eigenvalue weighted by Gasteiger charge is -2.32. The van der Waals surface area contributed by atoms with Gasteiger partial charge < -0.3 is 10.0 Å². The molecule has 3 rings (SSSR count). The van der Waals surface area contributed by atoms with Crippen molar-refractivity contribution in [3.63, 3.8) is 0 Å². The number of aryl methyl sites for hydroxylation is 1. The van der Waals surface area contributed by atoms with Gasteiger partial charge in [0.1, 0.15) is 0 Å². The van der Waals surface area contributed by atoms with Crippen molar-refractivity contribution in [3.05, 3.63) is 70.8 Å². The van der Waals surface area contributed by atoms with Crippen LogP contribution in [0.15, 0.2) is 48.5 Å². The third-order valence-electron chi connectivity index (χ3n) is 4.78. The van der Waals surface area contributed by atoms with Crippen molar-refractivity contribution in [3.8, 4) is 0 Å². The van der Waals surface area contributed by atoms with Crippen molar-refractivity contribution in [1.82, 2.24) is 4.90 Å². The molecular weight excluding hydrogens is 330 g/mol. The summed E-state index contributed by atoms with van der Waals surface area (Å²) in [6.07, 6.45) is 0.207. The summed E-state index contributed by atoms with van der Waals surface area (Å²) in [4.78, 5) is 37.9. The zero-order valence-electron chi connectivity index (χ0n) is 14.6. The summed E-state index contributed by atoms with van der Waals surface area (Å²) in [5, 5.41) is 9.48. The van der Waals surface area contributed by atoms with E-state index in [4.69, 9.17) is 0 Å². The Morgan fingerprint density at radius 1 is 1.04 bits per heavy atom. The topological polar surface area (TPSA) is 74.7 Å². The monoisotopic (exact) mass is 351 g/mol. The Morgan fingerprint density at radius 3 is 2.42 bits per heavy atom. The molecule has 0 saturated heterocycles. The average molecular weight is 351 g/mol. The highest BCUT2D eigenvalue weighted by Crippen LogP contribution is 2.29. The van der Waals surface area contributed by atoms with Crippen molar-refractivity contribution in [2.45, 2.75) is 32.2 Å². The van der Waals surface area contributed by atoms with Crippen LogP contribution in [0.1, 0.15) is 45.8 Å². The van der Waals surface area contributed by atoms with Gasteiger partial charge >= 0.3 is 5.97 Å². The number of Topliss-reactive ketones (excluding diaryl/α,β-unsaturated/α-hetero) is 1. The molecule has 0 spiro atoms. The van der Waals surface area contributed by atoms with Crippen LogP contribution in [0.4, 0.5) is 0 Å². The minimum Gasteiger partial charge on any atom is -0.481 e. The molecule has 1 amide bonds. The molecule has 1 aliphatic rings. The third-order valence-corrected chi connectivity index (χ3v) is 4.78. The molecule has 0 radical (unpaired) electrons. The number of amides is 1. The van der Waals surface area contributed by atoms with Crippen molar-refractivity contribution in [1.29, 1.82) is 0 Å². The number of hydrogen-bond acceptors (Lipinski definition) is 3. The molecular formula is C21H21NO4. The van der Waals surface area contributed by atoms with Gasteiger partial charge in [0, 0.05) is 31.5 Å². The van der Waals surface area contributed by atoms with E-state index in [0.717, 1.165) is 16.7 Å². The van der Waals surface area contributed by atoms with Crippen LogP contribution in [-0.2, 0) is 16.1 Å². The molecule has 1 N–H and O–H groups in total. The second-order valence-electron chi connectivity index (χ2n) is 6.65. The Bertz CT molecular complexity index is 841. The molecule has 26 heavy (non-hydrogen) atoms. The van der Waals surface area contributed by atoms with Gasteiger partial charge in [0.15, 0.2) is 5.78 Å². The van der Waals surface area contributed by atoms with Crippen molar-refractivity contribution < 1.29 is 19.5 Å². The number of carboxylic acids is 1. The summed E-state index contributed by atoms with van der Waals surface area (Å²) in [6, 6.07) is 14.6. The van der Waals surface area contributed by atoms with Crippen LogP contribution in [0.2, 0.25) is 0 Å². The number of fused-ring (bicyclic) bond motifs is 1. The standard InChI is InChI=1S/C21H21NO4/c1-14-6-8-15(9-7-14)19(23)10-11-20(24)22-12-16-4-2-3-5-17(16)18(13-22)21(25)26/h2-9,18H,10-13H2,1H3,(H,25,26). The van der Waals surface area contributed by atoms with Gasteiger partial charge in [-0.3, -0.25) is 14.4 Å². The number of carboxylic acid groups (broad SMARTS) is 1. The highest BCUT2D eigenvalue weighted by atomic mass is 16.4. The Hall–Kier alpha value is -2.95. The third kappa shape index (κ3) is 3.82. The van der Waals surface area contributed by atoms with Crippen LogP contribution in [0.3, 0.4) is 0 Å². The molecule has 1 unspecified atom stereocenters. The summed E-state index contributed by atoms with van der Waals surface area (Å²) in [6.45, 7) is 2.48. The minimum atomic E-state index is -0.939. The van der Waals surface area contributed by atoms with E-state index in [2.05, 4.69) is 0 Å². The average Bonchev–Trinajstić information content (AvgIpc) is 2.65. The first-order valence-corrected chi connectivity index (χ1v) is 8.64. The van der Waals surface area contributed by atoms with Crippen LogP contribution in [0.5, 0.6) is 0 Å². The van der Waals surface area contributed by atoms with Gasteiger partial charge in [0.05, 0.1) is 5.92 Å². The Balaban J connectivity index is 1.66. The van der Waals surface area contributed by atoms with E-state index < -0.39 is 11.9 Å². The first kappa shape index (κ1) is 17.9. The van der Waals surface area contributed by atoms with Gasteiger partial charge in [-0.15, -0.1) is 0 Å². The van der Waals surface area contributed by atoms with E-state index in [0.29, 0.717) is 12.1 Å². The number of carbonyl (C=O) groups excluding carboxylic acids is 2. The fraction of sp³-hybridized carbons (Fsp3) is 0.286. The molecule has 5 nitrogen and oxygen atoms in total. The summed E-state index contributed by atoms with van der Waals surface area (Å²) >= 11 is 0. The number of carbonyl (C=O) groups is 3. The van der Waals surface area contributed by atoms with E-state index in [1.165, 1.54) is 0 Å². The molecule has 2 aromatic carbocycles. The number of hydrogen-bond donors (Lipinski definition) is 1. The maximum atomic E-state index is 12.5. The number of benzene rings is 2. The second-order valence-corrected chi connectivity index (χ2v) is 6.65. The van der Waals surface area contributed by atoms with Crippen LogP contribution in [0.25, 0.3) is 0 Å². The van der Waals surface area contributed by atoms with E-state index in [-0.39, 0.29) is 31.1 Å². The predicted molar refractivity (Wildman–Crippen MR) is 97.0 cm³/mol. The molecule has 0 fully saturated rings. The Morgan fingerprint density at radius 2 is 1.73 bits per heavy atom. The molecule has 2 aromatic rings. The van der Waals surface area contributed by atoms with E-state index in [1.807, 2.05) is 37.3 Å². The SMILES string of the molecule is Cc1ccc(C(=O)CCC(=O)N2Cc3ccccc3C(C(=O)O)C2)cc1. The maximum Gasteiger partial charge on any atom is 0.312 e. The van der Waals surface area contributed by atoms with Crippen molar-refractivity contribution >= 4 is 17.7 Å². The lowest BCUT2D eigenvalue weighted by atomic mass is 9.89. The van der Waals surface area contributed by atoms with Gasteiger partial charge in [-0.25, -0.2) is 0 Å². The number of rotatable bonds is 5. The number of aliphatic carboxylic acids is 1. The van der Waals surface area contributed by atoms with Gasteiger partial charge in [-0.1, -0.05) is 54.1 Å². The molecule has 0 bridgehead atoms. The number of nitrogens with zero attached hydrogens (tertiary/aromatic N) is 1. The second kappa shape index (κ2) is 7.52. The predicted octanol–water partition coefficient (Wildman–Crippen LogP) is 3.17. The fourth-order valence-corrected chi connectivity index (χ4v) is 3.27. The smallest absolute Gasteiger partial charge is 0.312 e. The summed E-state index contributed by atoms with van der Waals surface area (Å²) in [5.74, 6) is -1.93. The van der Waals surface area contributed by atoms with E-state index in [9.17, 15) is 19.5 Å². The van der Waals surface area contributed by atoms with Gasteiger partial charge in [0.2, 0.25) is 5.91 Å². The number of ketones is 1. The molecule has 0 aliphatic carbocycles. The molecule has 0 aromatic heterocycles. The molecule has 1 heterocycles. The summed E-state index contributed by atoms with van der Waals surface area (Å²) < 4.78 is 0. The Labute approximate surface area is 152 Å². The fourth-order valence-electron chi connectivity index (χ4n) is 3.27. The van der Waals surface area contributed by atoms with Crippen LogP contribution < -0.4 is 0 Å². The van der Waals surface area contributed by atoms with Crippen molar-refractivity contribution in [2.75, 3.05) is 6.54 Å². The minimum absolute atomic E-state index is 0.0782. The molecule has 5 heteroatoms. The first-order chi connectivity index (χ1) is 12.5. The van der Waals surface area contributed by atoms with Gasteiger partial charge in [0.25, 0.3) is 0 Å². The Kier molecular flexibility index (Phi) is 5.16. The van der Waals surface area contributed by atoms with Crippen molar-refractivity contribution in [2.24, 2.45) is 0 Å². The lowest BCUT2D eigenvalue weighted by Crippen LogP contribution is -2.40. The van der Waals surface area contributed by atoms with Gasteiger partial charge in [-0.05, 0) is 18.1 Å². The zero-order chi connectivity index (χ0) is 18.7. The quantitative estimate of drug-likeness (QED) is 0.840. The highest BCUT2D eigenvalue weighted by molar-refractivity contribution is 5.98. The molecule has 1 aliphatic heterocycles. The van der Waals surface area contributed by atoms with E-state index >= 15 is 0 Å². The normalized spacial score (nSPS) is 16.0. The maximum absolute atomic E-state index is 12.5. The lowest BCUT2D eigenvalue weighted by molar-refractivity contribution is -0.141. The highest BCUT2D eigenvalue weighted by Gasteiger charge is 2.32. The molecule has 1 atom stereocenters. The molecule has 134 valence electrons. The van der Waals surface area contributed by atoms with Crippen LogP contribution in [0, 0.1) is 6.92 Å².